The summed E-state index contributed by atoms with van der Waals surface area (Å²) in [5, 5.41) is 15.0. The Morgan fingerprint density at radius 3 is 2.96 bits per heavy atom. The van der Waals surface area contributed by atoms with Gasteiger partial charge in [0.2, 0.25) is 0 Å². The molecule has 1 aliphatic heterocycles. The SMILES string of the molecule is CCc1cn[nH]c1C1CCCN(C(=O)c2cccc(-n3cnnc3)c2)C1. The van der Waals surface area contributed by atoms with Crippen LogP contribution in [-0.2, 0) is 6.42 Å². The first-order valence-corrected chi connectivity index (χ1v) is 9.02. The first-order valence-electron chi connectivity index (χ1n) is 9.02. The average Bonchev–Trinajstić information content (AvgIpc) is 3.39. The van der Waals surface area contributed by atoms with Gasteiger partial charge >= 0.3 is 0 Å². The van der Waals surface area contributed by atoms with Crippen LogP contribution >= 0.6 is 0 Å². The second kappa shape index (κ2) is 7.11. The van der Waals surface area contributed by atoms with Crippen LogP contribution < -0.4 is 0 Å². The molecule has 3 aromatic rings. The normalized spacial score (nSPS) is 17.4. The van der Waals surface area contributed by atoms with Crippen molar-refractivity contribution < 1.29 is 4.79 Å². The van der Waals surface area contributed by atoms with E-state index in [1.807, 2.05) is 35.4 Å². The maximum atomic E-state index is 13.1. The molecule has 1 amide bonds. The molecule has 7 nitrogen and oxygen atoms in total. The van der Waals surface area contributed by atoms with E-state index in [0.29, 0.717) is 11.5 Å². The highest BCUT2D eigenvalue weighted by molar-refractivity contribution is 5.94. The molecule has 134 valence electrons. The van der Waals surface area contributed by atoms with E-state index in [4.69, 9.17) is 0 Å². The van der Waals surface area contributed by atoms with Gasteiger partial charge in [-0.3, -0.25) is 14.5 Å². The molecule has 4 rings (SSSR count). The van der Waals surface area contributed by atoms with Gasteiger partial charge in [-0.1, -0.05) is 13.0 Å². The van der Waals surface area contributed by atoms with E-state index in [1.54, 1.807) is 17.2 Å². The average molecular weight is 350 g/mol. The van der Waals surface area contributed by atoms with Gasteiger partial charge in [0.15, 0.2) is 0 Å². The number of carbonyl (C=O) groups excluding carboxylic acids is 1. The Kier molecular flexibility index (Phi) is 4.51. The molecular weight excluding hydrogens is 328 g/mol. The fraction of sp³-hybridized carbons (Fsp3) is 0.368. The molecule has 0 aliphatic carbocycles. The van der Waals surface area contributed by atoms with Crippen molar-refractivity contribution >= 4 is 5.91 Å². The zero-order valence-electron chi connectivity index (χ0n) is 14.8. The highest BCUT2D eigenvalue weighted by Gasteiger charge is 2.27. The Morgan fingerprint density at radius 1 is 1.31 bits per heavy atom. The monoisotopic (exact) mass is 350 g/mol. The molecule has 3 heterocycles. The second-order valence-electron chi connectivity index (χ2n) is 6.67. The number of benzene rings is 1. The third-order valence-corrected chi connectivity index (χ3v) is 5.06. The van der Waals surface area contributed by atoms with Crippen molar-refractivity contribution in [3.05, 3.63) is 59.9 Å². The molecule has 0 spiro atoms. The molecule has 0 bridgehead atoms. The molecule has 1 fully saturated rings. The Balaban J connectivity index is 1.54. The molecule has 1 atom stereocenters. The first kappa shape index (κ1) is 16.5. The summed E-state index contributed by atoms with van der Waals surface area (Å²) in [6.07, 6.45) is 8.20. The van der Waals surface area contributed by atoms with Crippen LogP contribution in [0.15, 0.2) is 43.1 Å². The van der Waals surface area contributed by atoms with E-state index in [0.717, 1.165) is 38.0 Å². The van der Waals surface area contributed by atoms with Crippen molar-refractivity contribution in [2.75, 3.05) is 13.1 Å². The van der Waals surface area contributed by atoms with Crippen LogP contribution in [0.25, 0.3) is 5.69 Å². The van der Waals surface area contributed by atoms with Crippen molar-refractivity contribution in [2.24, 2.45) is 0 Å². The number of aromatic amines is 1. The number of H-pyrrole nitrogens is 1. The fourth-order valence-electron chi connectivity index (χ4n) is 3.67. The second-order valence-corrected chi connectivity index (χ2v) is 6.67. The lowest BCUT2D eigenvalue weighted by Gasteiger charge is -2.33. The Morgan fingerprint density at radius 2 is 2.15 bits per heavy atom. The van der Waals surface area contributed by atoms with Gasteiger partial charge in [-0.05, 0) is 43.0 Å². The summed E-state index contributed by atoms with van der Waals surface area (Å²) in [4.78, 5) is 15.0. The fourth-order valence-corrected chi connectivity index (χ4v) is 3.67. The van der Waals surface area contributed by atoms with Crippen LogP contribution in [-0.4, -0.2) is 48.9 Å². The number of likely N-dealkylation sites (tertiary alicyclic amines) is 1. The van der Waals surface area contributed by atoms with E-state index in [1.165, 1.54) is 11.3 Å². The molecule has 7 heteroatoms. The minimum atomic E-state index is 0.0715. The zero-order valence-corrected chi connectivity index (χ0v) is 14.8. The van der Waals surface area contributed by atoms with Crippen LogP contribution in [0.5, 0.6) is 0 Å². The maximum Gasteiger partial charge on any atom is 0.253 e. The van der Waals surface area contributed by atoms with Gasteiger partial charge in [0, 0.05) is 36.0 Å². The lowest BCUT2D eigenvalue weighted by molar-refractivity contribution is 0.0705. The molecule has 1 N–H and O–H groups in total. The van der Waals surface area contributed by atoms with Crippen molar-refractivity contribution in [1.82, 2.24) is 29.9 Å². The zero-order chi connectivity index (χ0) is 17.9. The van der Waals surface area contributed by atoms with Crippen LogP contribution in [0, 0.1) is 0 Å². The lowest BCUT2D eigenvalue weighted by atomic mass is 9.91. The Labute approximate surface area is 152 Å². The standard InChI is InChI=1S/C19H22N6O/c1-2-14-10-20-23-18(14)16-6-4-8-24(11-16)19(26)15-5-3-7-17(9-15)25-12-21-22-13-25/h3,5,7,9-10,12-13,16H,2,4,6,8,11H2,1H3,(H,20,23). The van der Waals surface area contributed by atoms with Crippen LogP contribution in [0.4, 0.5) is 0 Å². The number of aryl methyl sites for hydroxylation is 1. The third-order valence-electron chi connectivity index (χ3n) is 5.06. The molecule has 26 heavy (non-hydrogen) atoms. The molecule has 0 saturated carbocycles. The van der Waals surface area contributed by atoms with Gasteiger partial charge in [0.25, 0.3) is 5.91 Å². The third kappa shape index (κ3) is 3.12. The quantitative estimate of drug-likeness (QED) is 0.784. The number of nitrogens with one attached hydrogen (secondary N) is 1. The maximum absolute atomic E-state index is 13.1. The number of rotatable bonds is 4. The summed E-state index contributed by atoms with van der Waals surface area (Å²) in [6, 6.07) is 7.60. The van der Waals surface area contributed by atoms with Crippen molar-refractivity contribution in [2.45, 2.75) is 32.1 Å². The molecule has 1 aliphatic rings. The molecular formula is C19H22N6O. The summed E-state index contributed by atoms with van der Waals surface area (Å²) in [7, 11) is 0. The minimum absolute atomic E-state index is 0.0715. The summed E-state index contributed by atoms with van der Waals surface area (Å²) >= 11 is 0. The number of aromatic nitrogens is 5. The van der Waals surface area contributed by atoms with Crippen LogP contribution in [0.2, 0.25) is 0 Å². The molecule has 1 saturated heterocycles. The van der Waals surface area contributed by atoms with E-state index in [-0.39, 0.29) is 5.91 Å². The number of piperidine rings is 1. The summed E-state index contributed by atoms with van der Waals surface area (Å²) < 4.78 is 1.80. The molecule has 0 radical (unpaired) electrons. The summed E-state index contributed by atoms with van der Waals surface area (Å²) in [5.41, 5.74) is 4.01. The topological polar surface area (TPSA) is 79.7 Å². The predicted octanol–water partition coefficient (Wildman–Crippen LogP) is 2.57. The van der Waals surface area contributed by atoms with E-state index >= 15 is 0 Å². The molecule has 2 aromatic heterocycles. The van der Waals surface area contributed by atoms with Crippen molar-refractivity contribution in [3.8, 4) is 5.69 Å². The van der Waals surface area contributed by atoms with E-state index < -0.39 is 0 Å². The van der Waals surface area contributed by atoms with Crippen molar-refractivity contribution in [1.29, 1.82) is 0 Å². The summed E-state index contributed by atoms with van der Waals surface area (Å²) in [6.45, 7) is 3.66. The van der Waals surface area contributed by atoms with E-state index in [2.05, 4.69) is 27.3 Å². The minimum Gasteiger partial charge on any atom is -0.338 e. The Bertz CT molecular complexity index is 885. The first-order chi connectivity index (χ1) is 12.8. The number of carbonyl (C=O) groups is 1. The highest BCUT2D eigenvalue weighted by Crippen LogP contribution is 2.29. The van der Waals surface area contributed by atoms with Gasteiger partial charge in [0.05, 0.1) is 6.20 Å². The highest BCUT2D eigenvalue weighted by atomic mass is 16.2. The van der Waals surface area contributed by atoms with Gasteiger partial charge in [-0.2, -0.15) is 5.10 Å². The van der Waals surface area contributed by atoms with Crippen molar-refractivity contribution in [3.63, 3.8) is 0 Å². The van der Waals surface area contributed by atoms with E-state index in [9.17, 15) is 4.79 Å². The lowest BCUT2D eigenvalue weighted by Crippen LogP contribution is -2.39. The summed E-state index contributed by atoms with van der Waals surface area (Å²) in [5.74, 6) is 0.397. The van der Waals surface area contributed by atoms with Gasteiger partial charge in [-0.15, -0.1) is 10.2 Å². The number of hydrogen-bond donors (Lipinski definition) is 1. The number of nitrogens with zero attached hydrogens (tertiary/aromatic N) is 5. The van der Waals surface area contributed by atoms with Crippen LogP contribution in [0.1, 0.15) is 47.3 Å². The predicted molar refractivity (Wildman–Crippen MR) is 97.2 cm³/mol. The van der Waals surface area contributed by atoms with Gasteiger partial charge in [0.1, 0.15) is 12.7 Å². The van der Waals surface area contributed by atoms with Crippen LogP contribution in [0.3, 0.4) is 0 Å². The van der Waals surface area contributed by atoms with Gasteiger partial charge in [-0.25, -0.2) is 0 Å². The number of hydrogen-bond acceptors (Lipinski definition) is 4. The molecule has 1 unspecified atom stereocenters. The smallest absolute Gasteiger partial charge is 0.253 e. The molecule has 1 aromatic carbocycles. The largest absolute Gasteiger partial charge is 0.338 e. The number of amides is 1. The van der Waals surface area contributed by atoms with Gasteiger partial charge < -0.3 is 4.90 Å². The Hall–Kier alpha value is -2.96.